The van der Waals surface area contributed by atoms with Crippen molar-refractivity contribution in [3.63, 3.8) is 0 Å². The van der Waals surface area contributed by atoms with Crippen LogP contribution in [0.15, 0.2) is 125 Å². The third-order valence-corrected chi connectivity index (χ3v) is 19.4. The Bertz CT molecular complexity index is 3830. The number of alkyl halides is 12. The zero-order valence-corrected chi connectivity index (χ0v) is 73.7. The Balaban J connectivity index is 0.000000675. The average Bonchev–Trinajstić information content (AvgIpc) is 1.59. The van der Waals surface area contributed by atoms with Gasteiger partial charge in [0.1, 0.15) is 11.5 Å². The number of benzene rings is 5. The smallest absolute Gasteiger partial charge is 0.423 e. The van der Waals surface area contributed by atoms with E-state index >= 15 is 0 Å². The minimum atomic E-state index is -4.83. The molecule has 18 nitrogen and oxygen atoms in total. The molecule has 110 heavy (non-hydrogen) atoms. The summed E-state index contributed by atoms with van der Waals surface area (Å²) in [6.07, 6.45) is -15.4. The molecular weight excluding hydrogens is 2000 g/mol. The van der Waals surface area contributed by atoms with E-state index in [1.807, 2.05) is 83.1 Å². The van der Waals surface area contributed by atoms with Gasteiger partial charge in [-0.1, -0.05) is 68.4 Å². The first-order valence-corrected chi connectivity index (χ1v) is 36.7. The fourth-order valence-electron chi connectivity index (χ4n) is 8.91. The van der Waals surface area contributed by atoms with Crippen LogP contribution in [0.3, 0.4) is 0 Å². The second kappa shape index (κ2) is 42.9. The van der Waals surface area contributed by atoms with Crippen LogP contribution in [0.1, 0.15) is 136 Å². The molecule has 6 aromatic rings. The van der Waals surface area contributed by atoms with Crippen LogP contribution in [0.5, 0.6) is 46.0 Å². The Hall–Kier alpha value is -3.03. The van der Waals surface area contributed by atoms with Crippen LogP contribution >= 0.6 is 83.7 Å². The van der Waals surface area contributed by atoms with E-state index in [0.717, 1.165) is 36.4 Å². The first-order valence-electron chi connectivity index (χ1n) is 32.2. The van der Waals surface area contributed by atoms with Crippen molar-refractivity contribution in [1.82, 2.24) is 4.57 Å². The van der Waals surface area contributed by atoms with Crippen LogP contribution < -0.4 is 54.4 Å². The van der Waals surface area contributed by atoms with Gasteiger partial charge in [-0.2, -0.15) is 19.3 Å². The first-order chi connectivity index (χ1) is 48.7. The first kappa shape index (κ1) is 105. The van der Waals surface area contributed by atoms with Crippen LogP contribution in [0.2, 0.25) is 0 Å². The van der Waals surface area contributed by atoms with Gasteiger partial charge in [0.15, 0.2) is 34.5 Å². The van der Waals surface area contributed by atoms with E-state index < -0.39 is 88.1 Å². The van der Waals surface area contributed by atoms with Gasteiger partial charge in [0.05, 0.1) is 33.6 Å². The fourth-order valence-corrected chi connectivity index (χ4v) is 9.25. The SMILES string of the molecule is C.CC1(C)OB(B2OC(C)(C)C(C)(C)O2)OC1(C)C.CC1(C)OB(c2ccc3c(c2)OC(F)(F)O3)OC1(C)C.CC[CH-]I.CC[CH-]I.CC[CH-]I.Cc1cc(=O)n(-c2ccc(OC(F)(F)F)cc2)cc1-c1ccc2c(c1)OC(F)(F)O2.FC1(F)Oc2ccc(Br)cc2O1.OB(O)c1ccc(OC(F)(F)F)cc1.[V].[V].[V]. The zero-order chi connectivity index (χ0) is 80.2. The molecule has 1 aromatic heterocycles. The number of aryl methyl sites for hydroxylation is 1. The number of rotatable bonds is 10. The zero-order valence-electron chi connectivity index (χ0n) is 61.5. The summed E-state index contributed by atoms with van der Waals surface area (Å²) < 4.78 is 226. The van der Waals surface area contributed by atoms with E-state index in [0.29, 0.717) is 32.3 Å². The number of halogens is 16. The fraction of sp³-hybridized carbons (Fsp3) is 0.449. The normalized spacial score (nSPS) is 18.0. The second-order valence-electron chi connectivity index (χ2n) is 26.1. The van der Waals surface area contributed by atoms with Crippen molar-refractivity contribution in [2.24, 2.45) is 0 Å². The van der Waals surface area contributed by atoms with Crippen molar-refractivity contribution in [2.75, 3.05) is 0 Å². The Kier molecular flexibility index (Phi) is 40.9. The molecule has 607 valence electrons. The topological polar surface area (TPSA) is 192 Å². The van der Waals surface area contributed by atoms with Crippen molar-refractivity contribution in [3.8, 4) is 62.8 Å². The van der Waals surface area contributed by atoms with E-state index in [1.54, 1.807) is 19.1 Å². The van der Waals surface area contributed by atoms with E-state index in [-0.39, 0.29) is 125 Å². The Labute approximate surface area is 719 Å². The minimum absolute atomic E-state index is 0. The standard InChI is InChI=1S/C20H12F5NO4.C13H15BF2O4.C12H24B2O4.C7H6BF3O3.C7H3BrF2O2.3C3H6I.CH4.3V/c1-11-8-18(27)26(13-3-5-14(6-4-13)28-19(21,22)23)10-15(11)12-2-7-16-17(9-12)30-20(24,25)29-16;1-11(2)12(3,4)20-14(19-11)8-5-6-9-10(7-8)18-13(15,16)17-9;1-9(2)10(3,4)16-13(15-9)14-17-11(5,6)12(7,8)18-14;9-7(10,11)14-6-3-1-5(2-4-6)8(12)13;8-4-1-2-5-6(3-4)12-7(9,10)11-5;3*1-2-3-4;;;;/h2-10H,1H3;5-7H,1-4H3;1-8H3;1-4,12-13H;1-3H;3*3H,2H2,1H3;1H4;;;/q;;;;;3*-1;;;;. The maximum Gasteiger partial charge on any atom is 0.586 e. The molecule has 0 bridgehead atoms. The molecule has 3 fully saturated rings. The molecule has 7 heterocycles. The van der Waals surface area contributed by atoms with Crippen molar-refractivity contribution < 1.29 is 184 Å². The molecule has 2 N–H and O–H groups in total. The molecule has 0 saturated carbocycles. The summed E-state index contributed by atoms with van der Waals surface area (Å²) in [4.78, 5) is 12.4. The van der Waals surface area contributed by atoms with Crippen LogP contribution in [-0.2, 0) is 83.6 Å². The van der Waals surface area contributed by atoms with E-state index in [1.165, 1.54) is 90.7 Å². The Morgan fingerprint density at radius 1 is 0.482 bits per heavy atom. The molecule has 0 spiro atoms. The number of aromatic nitrogens is 1. The van der Waals surface area contributed by atoms with Crippen molar-refractivity contribution in [2.45, 2.75) is 203 Å². The number of fused-ring (bicyclic) bond motifs is 3. The summed E-state index contributed by atoms with van der Waals surface area (Å²) >= 11 is 9.80. The third kappa shape index (κ3) is 30.8. The minimum Gasteiger partial charge on any atom is -0.423 e. The van der Waals surface area contributed by atoms with Crippen molar-refractivity contribution >= 4 is 123 Å². The second-order valence-corrected chi connectivity index (χ2v) is 29.7. The molecule has 3 radical (unpaired) electrons. The summed E-state index contributed by atoms with van der Waals surface area (Å²) in [5.74, 6) is -0.987. The van der Waals surface area contributed by atoms with Gasteiger partial charge in [0.25, 0.3) is 5.56 Å². The average molecular weight is 2080 g/mol. The summed E-state index contributed by atoms with van der Waals surface area (Å²) in [5.41, 5.74) is -0.246. The Morgan fingerprint density at radius 2 is 0.800 bits per heavy atom. The summed E-state index contributed by atoms with van der Waals surface area (Å²) in [6, 6.07) is 23.5. The molecule has 0 aliphatic carbocycles. The number of pyridine rings is 1. The van der Waals surface area contributed by atoms with Gasteiger partial charge in [-0.05, 0) is 191 Å². The third-order valence-electron chi connectivity index (χ3n) is 16.3. The molecule has 5 aromatic carbocycles. The maximum absolute atomic E-state index is 13.3. The quantitative estimate of drug-likeness (QED) is 0.0569. The Morgan fingerprint density at radius 3 is 1.15 bits per heavy atom. The molecule has 6 aliphatic rings. The predicted octanol–water partition coefficient (Wildman–Crippen LogP) is 19.2. The predicted molar refractivity (Wildman–Crippen MR) is 411 cm³/mol. The van der Waals surface area contributed by atoms with Gasteiger partial charge in [-0.15, -0.1) is 52.7 Å². The number of hydrogen-bond donors (Lipinski definition) is 2. The van der Waals surface area contributed by atoms with Crippen molar-refractivity contribution in [1.29, 1.82) is 0 Å². The molecule has 0 unspecified atom stereocenters. The number of nitrogens with zero attached hydrogens (tertiary/aromatic N) is 1. The summed E-state index contributed by atoms with van der Waals surface area (Å²) in [6.45, 7) is 31.9. The van der Waals surface area contributed by atoms with Crippen molar-refractivity contribution in [3.05, 3.63) is 149 Å². The van der Waals surface area contributed by atoms with Gasteiger partial charge in [-0.3, -0.25) is 22.6 Å². The summed E-state index contributed by atoms with van der Waals surface area (Å²) in [7, 11) is -3.27. The monoisotopic (exact) mass is 2080 g/mol. The van der Waals surface area contributed by atoms with E-state index in [2.05, 4.69) is 156 Å². The molecule has 3 saturated heterocycles. The number of hydrogen-bond acceptors (Lipinski definition) is 17. The maximum atomic E-state index is 13.3. The summed E-state index contributed by atoms with van der Waals surface area (Å²) in [5, 5.41) is 17.3. The molecule has 0 amide bonds. The van der Waals surface area contributed by atoms with Crippen LogP contribution in [0.25, 0.3) is 16.8 Å². The van der Waals surface area contributed by atoms with Crippen LogP contribution in [0, 0.1) is 20.2 Å². The van der Waals surface area contributed by atoms with Crippen LogP contribution in [-0.4, -0.2) is 108 Å². The van der Waals surface area contributed by atoms with Gasteiger partial charge in [0.2, 0.25) is 0 Å². The molecule has 12 rings (SSSR count). The van der Waals surface area contributed by atoms with Crippen LogP contribution in [0.4, 0.5) is 52.7 Å². The van der Waals surface area contributed by atoms with E-state index in [9.17, 15) is 57.5 Å². The molecular formula is C69H82B4BrF12I3NO17V3-3. The molecule has 6 aliphatic heterocycles. The van der Waals surface area contributed by atoms with E-state index in [4.69, 9.17) is 38.0 Å². The van der Waals surface area contributed by atoms with Gasteiger partial charge in [0, 0.05) is 83.7 Å². The largest absolute Gasteiger partial charge is 0.586 e. The van der Waals surface area contributed by atoms with Gasteiger partial charge >= 0.3 is 59.9 Å². The molecule has 0 atom stereocenters. The van der Waals surface area contributed by atoms with Gasteiger partial charge < -0.3 is 144 Å². The number of ether oxygens (including phenoxy) is 8. The van der Waals surface area contributed by atoms with Gasteiger partial charge in [-0.25, -0.2) is 0 Å². The molecule has 41 heteroatoms.